The van der Waals surface area contributed by atoms with E-state index in [9.17, 15) is 14.3 Å². The summed E-state index contributed by atoms with van der Waals surface area (Å²) in [5, 5.41) is 10.0. The predicted molar refractivity (Wildman–Crippen MR) is 82.0 cm³/mol. The van der Waals surface area contributed by atoms with Crippen LogP contribution in [0, 0.1) is 23.1 Å². The highest BCUT2D eigenvalue weighted by molar-refractivity contribution is 6.31. The Kier molecular flexibility index (Phi) is 4.92. The average Bonchev–Trinajstić information content (AvgIpc) is 2.43. The van der Waals surface area contributed by atoms with E-state index in [-0.39, 0.29) is 6.42 Å². The Labute approximate surface area is 130 Å². The van der Waals surface area contributed by atoms with Crippen LogP contribution in [0.4, 0.5) is 4.39 Å². The highest BCUT2D eigenvalue weighted by atomic mass is 35.5. The fourth-order valence-electron chi connectivity index (χ4n) is 3.37. The minimum Gasteiger partial charge on any atom is -0.481 e. The predicted octanol–water partition coefficient (Wildman–Crippen LogP) is 4.94. The molecule has 1 aliphatic carbocycles. The Balaban J connectivity index is 2.23. The molecule has 1 aromatic rings. The molecular formula is C17H22ClFO2. The minimum atomic E-state index is -0.878. The third kappa shape index (κ3) is 3.39. The second kappa shape index (κ2) is 6.35. The van der Waals surface area contributed by atoms with E-state index in [1.807, 2.05) is 0 Å². The van der Waals surface area contributed by atoms with Gasteiger partial charge < -0.3 is 5.11 Å². The molecule has 1 saturated carbocycles. The van der Waals surface area contributed by atoms with Gasteiger partial charge in [0.25, 0.3) is 0 Å². The van der Waals surface area contributed by atoms with Crippen molar-refractivity contribution in [2.45, 2.75) is 46.0 Å². The van der Waals surface area contributed by atoms with Crippen molar-refractivity contribution in [1.82, 2.24) is 0 Å². The number of aliphatic carboxylic acids is 1. The molecule has 1 N–H and O–H groups in total. The van der Waals surface area contributed by atoms with Gasteiger partial charge in [0.1, 0.15) is 5.82 Å². The van der Waals surface area contributed by atoms with Crippen LogP contribution in [0.2, 0.25) is 5.02 Å². The molecule has 0 spiro atoms. The molecular weight excluding hydrogens is 291 g/mol. The lowest BCUT2D eigenvalue weighted by atomic mass is 9.65. The van der Waals surface area contributed by atoms with Crippen molar-refractivity contribution >= 4 is 17.6 Å². The van der Waals surface area contributed by atoms with Gasteiger partial charge in [-0.1, -0.05) is 31.5 Å². The summed E-state index contributed by atoms with van der Waals surface area (Å²) in [5.41, 5.74) is -0.540. The normalized spacial score (nSPS) is 26.0. The maximum atomic E-state index is 14.0. The van der Waals surface area contributed by atoms with Crippen molar-refractivity contribution < 1.29 is 14.3 Å². The van der Waals surface area contributed by atoms with E-state index in [0.29, 0.717) is 35.3 Å². The number of benzene rings is 1. The van der Waals surface area contributed by atoms with Crippen LogP contribution < -0.4 is 0 Å². The highest BCUT2D eigenvalue weighted by Gasteiger charge is 2.43. The molecule has 0 saturated heterocycles. The van der Waals surface area contributed by atoms with E-state index >= 15 is 0 Å². The number of carboxylic acid groups (broad SMARTS) is 1. The van der Waals surface area contributed by atoms with E-state index in [0.717, 1.165) is 12.8 Å². The van der Waals surface area contributed by atoms with Crippen LogP contribution in [0.1, 0.15) is 45.1 Å². The zero-order valence-corrected chi connectivity index (χ0v) is 13.3. The average molecular weight is 313 g/mol. The molecule has 1 aromatic carbocycles. The molecule has 0 radical (unpaired) electrons. The molecule has 0 amide bonds. The molecule has 1 fully saturated rings. The molecule has 0 aromatic heterocycles. The Bertz CT molecular complexity index is 499. The van der Waals surface area contributed by atoms with Crippen LogP contribution >= 0.6 is 11.6 Å². The van der Waals surface area contributed by atoms with Crippen molar-refractivity contribution in [1.29, 1.82) is 0 Å². The van der Waals surface area contributed by atoms with Gasteiger partial charge in [0.05, 0.1) is 5.41 Å². The monoisotopic (exact) mass is 312 g/mol. The van der Waals surface area contributed by atoms with Gasteiger partial charge in [0.15, 0.2) is 0 Å². The largest absolute Gasteiger partial charge is 0.481 e. The molecule has 0 heterocycles. The second-order valence-electron chi connectivity index (χ2n) is 6.54. The number of hydrogen-bond donors (Lipinski definition) is 1. The van der Waals surface area contributed by atoms with Gasteiger partial charge in [-0.2, -0.15) is 0 Å². The molecule has 116 valence electrons. The first-order chi connectivity index (χ1) is 9.85. The zero-order chi connectivity index (χ0) is 15.6. The highest BCUT2D eigenvalue weighted by Crippen LogP contribution is 2.45. The molecule has 4 heteroatoms. The van der Waals surface area contributed by atoms with Gasteiger partial charge in [-0.15, -0.1) is 0 Å². The minimum absolute atomic E-state index is 0.179. The number of hydrogen-bond acceptors (Lipinski definition) is 1. The van der Waals surface area contributed by atoms with Crippen LogP contribution in [0.15, 0.2) is 18.2 Å². The van der Waals surface area contributed by atoms with Crippen molar-refractivity contribution in [3.63, 3.8) is 0 Å². The summed E-state index contributed by atoms with van der Waals surface area (Å²) in [6, 6.07) is 4.51. The lowest BCUT2D eigenvalue weighted by Crippen LogP contribution is -2.38. The standard InChI is InChI=1S/C17H22ClFO2/c1-11(2)12-6-8-17(9-7-12,16(20)21)10-13-14(18)4-3-5-15(13)19/h3-5,11-12H,6-10H2,1-2H3,(H,20,21). The van der Waals surface area contributed by atoms with Crippen molar-refractivity contribution in [3.05, 3.63) is 34.6 Å². The SMILES string of the molecule is CC(C)C1CCC(Cc2c(F)cccc2Cl)(C(=O)O)CC1. The smallest absolute Gasteiger partial charge is 0.309 e. The van der Waals surface area contributed by atoms with Crippen LogP contribution in [-0.2, 0) is 11.2 Å². The number of halogens is 2. The van der Waals surface area contributed by atoms with Crippen molar-refractivity contribution in [2.75, 3.05) is 0 Å². The Morgan fingerprint density at radius 3 is 2.52 bits per heavy atom. The van der Waals surface area contributed by atoms with Crippen LogP contribution in [0.25, 0.3) is 0 Å². The van der Waals surface area contributed by atoms with Gasteiger partial charge in [-0.05, 0) is 56.1 Å². The molecule has 21 heavy (non-hydrogen) atoms. The topological polar surface area (TPSA) is 37.3 Å². The maximum absolute atomic E-state index is 14.0. The summed E-state index contributed by atoms with van der Waals surface area (Å²) in [6.07, 6.45) is 3.14. The zero-order valence-electron chi connectivity index (χ0n) is 12.5. The summed E-state index contributed by atoms with van der Waals surface area (Å²) in [7, 11) is 0. The first-order valence-corrected chi connectivity index (χ1v) is 7.90. The van der Waals surface area contributed by atoms with E-state index in [4.69, 9.17) is 11.6 Å². The van der Waals surface area contributed by atoms with Gasteiger partial charge in [0.2, 0.25) is 0 Å². The van der Waals surface area contributed by atoms with Gasteiger partial charge >= 0.3 is 5.97 Å². The summed E-state index contributed by atoms with van der Waals surface area (Å²) in [4.78, 5) is 11.8. The summed E-state index contributed by atoms with van der Waals surface area (Å²) >= 11 is 6.06. The Morgan fingerprint density at radius 2 is 2.05 bits per heavy atom. The number of carboxylic acids is 1. The quantitative estimate of drug-likeness (QED) is 0.855. The molecule has 0 unspecified atom stereocenters. The third-order valence-electron chi connectivity index (χ3n) is 4.96. The Morgan fingerprint density at radius 1 is 1.43 bits per heavy atom. The molecule has 0 aliphatic heterocycles. The van der Waals surface area contributed by atoms with Gasteiger partial charge in [-0.25, -0.2) is 4.39 Å². The second-order valence-corrected chi connectivity index (χ2v) is 6.95. The van der Waals surface area contributed by atoms with Crippen molar-refractivity contribution in [3.8, 4) is 0 Å². The summed E-state index contributed by atoms with van der Waals surface area (Å²) in [5.74, 6) is -0.111. The number of carbonyl (C=O) groups is 1. The fraction of sp³-hybridized carbons (Fsp3) is 0.588. The first kappa shape index (κ1) is 16.3. The lowest BCUT2D eigenvalue weighted by molar-refractivity contribution is -0.152. The first-order valence-electron chi connectivity index (χ1n) is 7.52. The van der Waals surface area contributed by atoms with E-state index in [1.54, 1.807) is 12.1 Å². The Hall–Kier alpha value is -1.09. The summed E-state index contributed by atoms with van der Waals surface area (Å²) < 4.78 is 14.0. The van der Waals surface area contributed by atoms with E-state index in [1.165, 1.54) is 6.07 Å². The maximum Gasteiger partial charge on any atom is 0.309 e. The van der Waals surface area contributed by atoms with Crippen LogP contribution in [0.3, 0.4) is 0 Å². The fourth-order valence-corrected chi connectivity index (χ4v) is 3.60. The molecule has 1 aliphatic rings. The van der Waals surface area contributed by atoms with Crippen LogP contribution in [-0.4, -0.2) is 11.1 Å². The molecule has 0 atom stereocenters. The van der Waals surface area contributed by atoms with E-state index in [2.05, 4.69) is 13.8 Å². The third-order valence-corrected chi connectivity index (χ3v) is 5.31. The van der Waals surface area contributed by atoms with Gasteiger partial charge in [-0.3, -0.25) is 4.79 Å². The molecule has 0 bridgehead atoms. The molecule has 2 nitrogen and oxygen atoms in total. The number of rotatable bonds is 4. The summed E-state index contributed by atoms with van der Waals surface area (Å²) in [6.45, 7) is 4.35. The van der Waals surface area contributed by atoms with Crippen LogP contribution in [0.5, 0.6) is 0 Å². The lowest BCUT2D eigenvalue weighted by Gasteiger charge is -2.38. The van der Waals surface area contributed by atoms with Crippen molar-refractivity contribution in [2.24, 2.45) is 17.3 Å². The van der Waals surface area contributed by atoms with E-state index < -0.39 is 17.2 Å². The molecule has 2 rings (SSSR count). The van der Waals surface area contributed by atoms with Gasteiger partial charge in [0, 0.05) is 10.6 Å².